The molecule has 0 saturated carbocycles. The second-order valence-electron chi connectivity index (χ2n) is 1.39. The highest BCUT2D eigenvalue weighted by Crippen LogP contribution is 1.93. The van der Waals surface area contributed by atoms with Crippen LogP contribution in [0.15, 0.2) is 22.0 Å². The number of hydrogen-bond donors (Lipinski definition) is 1. The molecule has 0 aliphatic carbocycles. The second kappa shape index (κ2) is 3.39. The van der Waals surface area contributed by atoms with Gasteiger partial charge in [-0.05, 0) is 0 Å². The van der Waals surface area contributed by atoms with Crippen LogP contribution in [0.3, 0.4) is 0 Å². The fraction of sp³-hybridized carbons (Fsp3) is 0. The summed E-state index contributed by atoms with van der Waals surface area (Å²) in [5, 5.41) is 7.02. The van der Waals surface area contributed by atoms with Gasteiger partial charge < -0.3 is 10.2 Å². The molecule has 1 heterocycles. The molecular formula is C5H6N4O. The van der Waals surface area contributed by atoms with Gasteiger partial charge >= 0.3 is 0 Å². The minimum Gasteiger partial charge on any atom is -0.424 e. The second-order valence-corrected chi connectivity index (χ2v) is 1.39. The van der Waals surface area contributed by atoms with E-state index in [0.29, 0.717) is 5.89 Å². The van der Waals surface area contributed by atoms with Crippen molar-refractivity contribution in [1.29, 1.82) is 0 Å². The van der Waals surface area contributed by atoms with E-state index in [-0.39, 0.29) is 0 Å². The highest BCUT2D eigenvalue weighted by molar-refractivity contribution is 5.53. The van der Waals surface area contributed by atoms with Crippen molar-refractivity contribution in [3.63, 3.8) is 0 Å². The molecule has 0 atom stereocenters. The average Bonchev–Trinajstić information content (AvgIpc) is 2.41. The van der Waals surface area contributed by atoms with E-state index in [1.165, 1.54) is 18.9 Å². The fourth-order valence-electron chi connectivity index (χ4n) is 0.411. The molecule has 2 N–H and O–H groups in total. The van der Waals surface area contributed by atoms with Gasteiger partial charge in [0.25, 0.3) is 0 Å². The lowest BCUT2D eigenvalue weighted by Crippen LogP contribution is -1.85. The third-order valence-corrected chi connectivity index (χ3v) is 0.766. The van der Waals surface area contributed by atoms with Crippen LogP contribution < -0.4 is 5.73 Å². The largest absolute Gasteiger partial charge is 0.424 e. The molecule has 0 unspecified atom stereocenters. The van der Waals surface area contributed by atoms with Gasteiger partial charge in [0.05, 0.1) is 6.34 Å². The van der Waals surface area contributed by atoms with Gasteiger partial charge in [-0.3, -0.25) is 0 Å². The van der Waals surface area contributed by atoms with Crippen molar-refractivity contribution >= 4 is 12.4 Å². The Balaban J connectivity index is 2.55. The maximum atomic E-state index is 4.96. The molecular weight excluding hydrogens is 132 g/mol. The number of aromatic nitrogens is 2. The summed E-state index contributed by atoms with van der Waals surface area (Å²) < 4.78 is 4.76. The SMILES string of the molecule is NC=NC=Cc1nnco1. The van der Waals surface area contributed by atoms with Crippen LogP contribution in [-0.4, -0.2) is 16.5 Å². The first kappa shape index (κ1) is 6.47. The zero-order chi connectivity index (χ0) is 7.23. The summed E-state index contributed by atoms with van der Waals surface area (Å²) in [6.07, 6.45) is 5.43. The summed E-state index contributed by atoms with van der Waals surface area (Å²) in [4.78, 5) is 3.59. The topological polar surface area (TPSA) is 77.3 Å². The van der Waals surface area contributed by atoms with Gasteiger partial charge in [0.1, 0.15) is 0 Å². The third kappa shape index (κ3) is 1.70. The van der Waals surface area contributed by atoms with Crippen molar-refractivity contribution in [1.82, 2.24) is 10.2 Å². The minimum atomic E-state index is 0.408. The molecule has 0 spiro atoms. The van der Waals surface area contributed by atoms with E-state index in [9.17, 15) is 0 Å². The molecule has 1 aromatic heterocycles. The fourth-order valence-corrected chi connectivity index (χ4v) is 0.411. The predicted octanol–water partition coefficient (Wildman–Crippen LogP) is 0.0273. The van der Waals surface area contributed by atoms with Gasteiger partial charge in [-0.1, -0.05) is 0 Å². The zero-order valence-electron chi connectivity index (χ0n) is 5.14. The molecule has 5 heteroatoms. The van der Waals surface area contributed by atoms with Gasteiger partial charge in [-0.15, -0.1) is 10.2 Å². The molecule has 0 saturated heterocycles. The standard InChI is InChI=1S/C5H6N4O/c6-3-7-2-1-5-9-8-4-10-5/h1-4H,(H2,6,7). The Hall–Kier alpha value is -1.65. The van der Waals surface area contributed by atoms with E-state index in [1.54, 1.807) is 6.08 Å². The minimum absolute atomic E-state index is 0.408. The molecule has 0 aromatic carbocycles. The van der Waals surface area contributed by atoms with Gasteiger partial charge in [0, 0.05) is 12.3 Å². The number of hydrogen-bond acceptors (Lipinski definition) is 4. The maximum absolute atomic E-state index is 4.96. The van der Waals surface area contributed by atoms with Gasteiger partial charge in [-0.25, -0.2) is 4.99 Å². The monoisotopic (exact) mass is 138 g/mol. The molecule has 10 heavy (non-hydrogen) atoms. The molecule has 0 radical (unpaired) electrons. The highest BCUT2D eigenvalue weighted by Gasteiger charge is 1.86. The van der Waals surface area contributed by atoms with Crippen molar-refractivity contribution < 1.29 is 4.42 Å². The van der Waals surface area contributed by atoms with Gasteiger partial charge in [0.15, 0.2) is 0 Å². The Kier molecular flexibility index (Phi) is 2.19. The summed E-state index contributed by atoms with van der Waals surface area (Å²) in [6.45, 7) is 0. The first-order valence-electron chi connectivity index (χ1n) is 2.59. The van der Waals surface area contributed by atoms with Crippen molar-refractivity contribution in [2.24, 2.45) is 10.7 Å². The first-order valence-corrected chi connectivity index (χ1v) is 2.59. The van der Waals surface area contributed by atoms with Crippen LogP contribution in [0.25, 0.3) is 6.08 Å². The Morgan fingerprint density at radius 2 is 2.60 bits per heavy atom. The number of nitrogens with zero attached hydrogens (tertiary/aromatic N) is 3. The zero-order valence-corrected chi connectivity index (χ0v) is 5.14. The van der Waals surface area contributed by atoms with Crippen molar-refractivity contribution in [2.45, 2.75) is 0 Å². The molecule has 1 rings (SSSR count). The predicted molar refractivity (Wildman–Crippen MR) is 36.0 cm³/mol. The average molecular weight is 138 g/mol. The quantitative estimate of drug-likeness (QED) is 0.462. The lowest BCUT2D eigenvalue weighted by atomic mass is 10.6. The lowest BCUT2D eigenvalue weighted by Gasteiger charge is -1.74. The molecule has 1 aromatic rings. The molecule has 5 nitrogen and oxygen atoms in total. The summed E-state index contributed by atoms with van der Waals surface area (Å²) in [6, 6.07) is 0. The molecule has 52 valence electrons. The van der Waals surface area contributed by atoms with E-state index < -0.39 is 0 Å². The van der Waals surface area contributed by atoms with Crippen LogP contribution in [-0.2, 0) is 0 Å². The van der Waals surface area contributed by atoms with E-state index >= 15 is 0 Å². The Morgan fingerprint density at radius 3 is 3.20 bits per heavy atom. The Morgan fingerprint density at radius 1 is 1.70 bits per heavy atom. The smallest absolute Gasteiger partial charge is 0.241 e. The number of nitrogens with two attached hydrogens (primary N) is 1. The molecule has 0 aliphatic heterocycles. The molecule has 0 fully saturated rings. The van der Waals surface area contributed by atoms with Crippen molar-refractivity contribution in [2.75, 3.05) is 0 Å². The van der Waals surface area contributed by atoms with Crippen LogP contribution in [0.4, 0.5) is 0 Å². The summed E-state index contributed by atoms with van der Waals surface area (Å²) >= 11 is 0. The molecule has 0 amide bonds. The van der Waals surface area contributed by atoms with Crippen LogP contribution >= 0.6 is 0 Å². The van der Waals surface area contributed by atoms with E-state index in [1.807, 2.05) is 0 Å². The van der Waals surface area contributed by atoms with Crippen molar-refractivity contribution in [3.8, 4) is 0 Å². The first-order chi connectivity index (χ1) is 4.93. The molecule has 0 bridgehead atoms. The van der Waals surface area contributed by atoms with Crippen LogP contribution in [0.2, 0.25) is 0 Å². The summed E-state index contributed by atoms with van der Waals surface area (Å²) in [5.74, 6) is 0.408. The maximum Gasteiger partial charge on any atom is 0.241 e. The van der Waals surface area contributed by atoms with Crippen LogP contribution in [0, 0.1) is 0 Å². The van der Waals surface area contributed by atoms with E-state index in [2.05, 4.69) is 15.2 Å². The van der Waals surface area contributed by atoms with Crippen molar-refractivity contribution in [3.05, 3.63) is 18.5 Å². The summed E-state index contributed by atoms with van der Waals surface area (Å²) in [7, 11) is 0. The van der Waals surface area contributed by atoms with E-state index in [4.69, 9.17) is 10.2 Å². The van der Waals surface area contributed by atoms with Crippen LogP contribution in [0.1, 0.15) is 5.89 Å². The third-order valence-electron chi connectivity index (χ3n) is 0.766. The van der Waals surface area contributed by atoms with Gasteiger partial charge in [-0.2, -0.15) is 0 Å². The number of rotatable bonds is 2. The molecule has 0 aliphatic rings. The number of aliphatic imine (C=N–C) groups is 1. The Labute approximate surface area is 57.3 Å². The van der Waals surface area contributed by atoms with E-state index in [0.717, 1.165) is 0 Å². The highest BCUT2D eigenvalue weighted by atomic mass is 16.4. The van der Waals surface area contributed by atoms with Gasteiger partial charge in [0.2, 0.25) is 12.3 Å². The summed E-state index contributed by atoms with van der Waals surface area (Å²) in [5.41, 5.74) is 4.96. The normalized spacial score (nSPS) is 11.6. The van der Waals surface area contributed by atoms with Crippen LogP contribution in [0.5, 0.6) is 0 Å². The Bertz CT molecular complexity index is 226. The lowest BCUT2D eigenvalue weighted by molar-refractivity contribution is 0.542.